The van der Waals surface area contributed by atoms with Gasteiger partial charge in [-0.2, -0.15) is 0 Å². The first-order valence-electron chi connectivity index (χ1n) is 5.63. The first kappa shape index (κ1) is 10.5. The Morgan fingerprint density at radius 1 is 1.41 bits per heavy atom. The molecule has 2 aliphatic heterocycles. The molecule has 90 valence electrons. The topological polar surface area (TPSA) is 75.5 Å². The number of aromatic carboxylic acids is 1. The van der Waals surface area contributed by atoms with Crippen LogP contribution in [0.2, 0.25) is 0 Å². The molecule has 2 unspecified atom stereocenters. The summed E-state index contributed by atoms with van der Waals surface area (Å²) in [6.07, 6.45) is 1.50. The number of hydrogen-bond donors (Lipinski definition) is 1. The van der Waals surface area contributed by atoms with Crippen molar-refractivity contribution in [2.24, 2.45) is 11.8 Å². The summed E-state index contributed by atoms with van der Waals surface area (Å²) < 4.78 is 5.40. The van der Waals surface area contributed by atoms with Crippen LogP contribution in [0.3, 0.4) is 0 Å². The molecule has 6 heteroatoms. The van der Waals surface area contributed by atoms with Crippen molar-refractivity contribution < 1.29 is 14.6 Å². The minimum Gasteiger partial charge on any atom is -0.475 e. The predicted molar refractivity (Wildman–Crippen MR) is 59.0 cm³/mol. The Morgan fingerprint density at radius 3 is 2.76 bits per heavy atom. The Labute approximate surface area is 98.2 Å². The number of carboxylic acid groups (broad SMARTS) is 1. The summed E-state index contributed by atoms with van der Waals surface area (Å²) in [5.41, 5.74) is 0. The third-order valence-corrected chi connectivity index (χ3v) is 3.40. The molecule has 2 aliphatic rings. The fourth-order valence-corrected chi connectivity index (χ4v) is 2.50. The van der Waals surface area contributed by atoms with E-state index in [1.54, 1.807) is 6.07 Å². The third kappa shape index (κ3) is 1.84. The highest BCUT2D eigenvalue weighted by molar-refractivity contribution is 5.83. The molecule has 2 fully saturated rings. The number of anilines is 1. The summed E-state index contributed by atoms with van der Waals surface area (Å²) in [7, 11) is 0. The van der Waals surface area contributed by atoms with E-state index < -0.39 is 5.97 Å². The van der Waals surface area contributed by atoms with Crippen molar-refractivity contribution >= 4 is 11.8 Å². The van der Waals surface area contributed by atoms with Crippen molar-refractivity contribution in [2.45, 2.75) is 0 Å². The van der Waals surface area contributed by atoms with Gasteiger partial charge in [0.05, 0.1) is 13.2 Å². The largest absolute Gasteiger partial charge is 0.475 e. The Morgan fingerprint density at radius 2 is 2.12 bits per heavy atom. The summed E-state index contributed by atoms with van der Waals surface area (Å²) in [4.78, 5) is 20.7. The molecular formula is C11H13N3O3. The van der Waals surface area contributed by atoms with Crippen LogP contribution < -0.4 is 4.90 Å². The summed E-state index contributed by atoms with van der Waals surface area (Å²) in [5.74, 6) is 0.577. The molecule has 2 atom stereocenters. The number of hydrogen-bond acceptors (Lipinski definition) is 5. The van der Waals surface area contributed by atoms with Crippen LogP contribution in [-0.4, -0.2) is 47.3 Å². The van der Waals surface area contributed by atoms with E-state index in [9.17, 15) is 4.79 Å². The van der Waals surface area contributed by atoms with Gasteiger partial charge < -0.3 is 14.7 Å². The molecule has 0 radical (unpaired) electrons. The maximum Gasteiger partial charge on any atom is 0.374 e. The van der Waals surface area contributed by atoms with E-state index in [4.69, 9.17) is 9.84 Å². The average Bonchev–Trinajstić information content (AvgIpc) is 2.89. The van der Waals surface area contributed by atoms with Crippen molar-refractivity contribution in [3.8, 4) is 0 Å². The molecule has 0 aromatic carbocycles. The Hall–Kier alpha value is -1.69. The van der Waals surface area contributed by atoms with Crippen LogP contribution in [-0.2, 0) is 4.74 Å². The number of carbonyl (C=O) groups is 1. The van der Waals surface area contributed by atoms with Gasteiger partial charge in [-0.3, -0.25) is 0 Å². The number of nitrogens with zero attached hydrogens (tertiary/aromatic N) is 3. The lowest BCUT2D eigenvalue weighted by molar-refractivity contribution is 0.0683. The van der Waals surface area contributed by atoms with Crippen molar-refractivity contribution in [1.29, 1.82) is 0 Å². The minimum atomic E-state index is -1.09. The molecule has 2 saturated heterocycles. The average molecular weight is 235 g/mol. The fraction of sp³-hybridized carbons (Fsp3) is 0.545. The molecular weight excluding hydrogens is 222 g/mol. The first-order valence-corrected chi connectivity index (χ1v) is 5.63. The van der Waals surface area contributed by atoms with Gasteiger partial charge in [0.1, 0.15) is 5.82 Å². The van der Waals surface area contributed by atoms with Crippen LogP contribution in [0.25, 0.3) is 0 Å². The Balaban J connectivity index is 1.81. The van der Waals surface area contributed by atoms with Crippen LogP contribution in [0, 0.1) is 11.8 Å². The smallest absolute Gasteiger partial charge is 0.374 e. The lowest BCUT2D eigenvalue weighted by Crippen LogP contribution is -2.24. The van der Waals surface area contributed by atoms with Gasteiger partial charge in [-0.25, -0.2) is 14.8 Å². The molecule has 0 amide bonds. The molecule has 1 N–H and O–H groups in total. The number of rotatable bonds is 2. The maximum absolute atomic E-state index is 10.8. The van der Waals surface area contributed by atoms with E-state index in [1.807, 2.05) is 0 Å². The maximum atomic E-state index is 10.8. The molecule has 3 rings (SSSR count). The molecule has 0 aliphatic carbocycles. The Kier molecular flexibility index (Phi) is 2.44. The number of carboxylic acids is 1. The highest BCUT2D eigenvalue weighted by atomic mass is 16.5. The van der Waals surface area contributed by atoms with E-state index in [0.29, 0.717) is 17.7 Å². The second kappa shape index (κ2) is 3.96. The van der Waals surface area contributed by atoms with Gasteiger partial charge in [0.25, 0.3) is 0 Å². The zero-order chi connectivity index (χ0) is 11.8. The number of fused-ring (bicyclic) bond motifs is 1. The van der Waals surface area contributed by atoms with Gasteiger partial charge in [-0.05, 0) is 6.07 Å². The zero-order valence-electron chi connectivity index (χ0n) is 9.24. The van der Waals surface area contributed by atoms with Crippen molar-refractivity contribution in [3.05, 3.63) is 18.1 Å². The SMILES string of the molecule is O=C(O)c1nccc(N2CC3COCC3C2)n1. The van der Waals surface area contributed by atoms with Crippen LogP contribution in [0.15, 0.2) is 12.3 Å². The highest BCUT2D eigenvalue weighted by Crippen LogP contribution is 2.31. The van der Waals surface area contributed by atoms with Crippen LogP contribution in [0.4, 0.5) is 5.82 Å². The highest BCUT2D eigenvalue weighted by Gasteiger charge is 2.37. The standard InChI is InChI=1S/C11H13N3O3/c15-11(16)10-12-2-1-9(13-10)14-3-7-5-17-6-8(7)4-14/h1-2,7-8H,3-6H2,(H,15,16). The van der Waals surface area contributed by atoms with Gasteiger partial charge in [-0.15, -0.1) is 0 Å². The van der Waals surface area contributed by atoms with Crippen molar-refractivity contribution in [2.75, 3.05) is 31.2 Å². The monoisotopic (exact) mass is 235 g/mol. The van der Waals surface area contributed by atoms with Crippen molar-refractivity contribution in [1.82, 2.24) is 9.97 Å². The number of ether oxygens (including phenoxy) is 1. The second-order valence-electron chi connectivity index (χ2n) is 4.51. The minimum absolute atomic E-state index is 0.143. The van der Waals surface area contributed by atoms with Crippen molar-refractivity contribution in [3.63, 3.8) is 0 Å². The number of aromatic nitrogens is 2. The molecule has 0 spiro atoms. The van der Waals surface area contributed by atoms with Gasteiger partial charge in [0.15, 0.2) is 0 Å². The second-order valence-corrected chi connectivity index (χ2v) is 4.51. The predicted octanol–water partition coefficient (Wildman–Crippen LogP) is 0.257. The molecule has 17 heavy (non-hydrogen) atoms. The molecule has 0 saturated carbocycles. The third-order valence-electron chi connectivity index (χ3n) is 3.40. The molecule has 3 heterocycles. The first-order chi connectivity index (χ1) is 8.24. The van der Waals surface area contributed by atoms with Gasteiger partial charge in [0.2, 0.25) is 5.82 Å². The lowest BCUT2D eigenvalue weighted by Gasteiger charge is -2.18. The summed E-state index contributed by atoms with van der Waals surface area (Å²) in [5, 5.41) is 8.85. The summed E-state index contributed by atoms with van der Waals surface area (Å²) in [6.45, 7) is 3.39. The fourth-order valence-electron chi connectivity index (χ4n) is 2.50. The van der Waals surface area contributed by atoms with E-state index >= 15 is 0 Å². The van der Waals surface area contributed by atoms with E-state index in [-0.39, 0.29) is 5.82 Å². The summed E-state index contributed by atoms with van der Waals surface area (Å²) >= 11 is 0. The molecule has 0 bridgehead atoms. The lowest BCUT2D eigenvalue weighted by atomic mass is 10.0. The van der Waals surface area contributed by atoms with Gasteiger partial charge >= 0.3 is 5.97 Å². The van der Waals surface area contributed by atoms with Crippen LogP contribution in [0.5, 0.6) is 0 Å². The summed E-state index contributed by atoms with van der Waals surface area (Å²) in [6, 6.07) is 1.76. The van der Waals surface area contributed by atoms with Crippen LogP contribution in [0.1, 0.15) is 10.6 Å². The zero-order valence-corrected chi connectivity index (χ0v) is 9.24. The Bertz CT molecular complexity index is 439. The molecule has 1 aromatic rings. The van der Waals surface area contributed by atoms with E-state index in [0.717, 1.165) is 26.3 Å². The quantitative estimate of drug-likeness (QED) is 0.792. The van der Waals surface area contributed by atoms with Crippen LogP contribution >= 0.6 is 0 Å². The normalized spacial score (nSPS) is 27.2. The van der Waals surface area contributed by atoms with Gasteiger partial charge in [-0.1, -0.05) is 0 Å². The molecule has 6 nitrogen and oxygen atoms in total. The molecule has 1 aromatic heterocycles. The van der Waals surface area contributed by atoms with E-state index in [2.05, 4.69) is 14.9 Å². The van der Waals surface area contributed by atoms with E-state index in [1.165, 1.54) is 6.20 Å². The van der Waals surface area contributed by atoms with Gasteiger partial charge in [0, 0.05) is 31.1 Å².